The van der Waals surface area contributed by atoms with Crippen molar-refractivity contribution in [2.24, 2.45) is 5.41 Å². The molecule has 20 heavy (non-hydrogen) atoms. The van der Waals surface area contributed by atoms with Crippen molar-refractivity contribution < 1.29 is 4.79 Å². The van der Waals surface area contributed by atoms with Gasteiger partial charge in [-0.25, -0.2) is 4.98 Å². The lowest BCUT2D eigenvalue weighted by molar-refractivity contribution is 0.0940. The topological polar surface area (TPSA) is 61.0 Å². The number of rotatable bonds is 1. The highest BCUT2D eigenvalue weighted by Crippen LogP contribution is 2.29. The fourth-order valence-electron chi connectivity index (χ4n) is 3.27. The third-order valence-electron chi connectivity index (χ3n) is 4.41. The van der Waals surface area contributed by atoms with Gasteiger partial charge >= 0.3 is 0 Å². The number of aromatic amines is 1. The highest BCUT2D eigenvalue weighted by molar-refractivity contribution is 5.94. The van der Waals surface area contributed by atoms with Gasteiger partial charge < -0.3 is 15.2 Å². The number of nitrogens with zero attached hydrogens (tertiary/aromatic N) is 2. The zero-order valence-electron chi connectivity index (χ0n) is 12.6. The number of amides is 1. The van der Waals surface area contributed by atoms with E-state index in [1.807, 2.05) is 0 Å². The van der Waals surface area contributed by atoms with E-state index in [0.29, 0.717) is 18.2 Å². The number of carbonyl (C=O) groups is 1. The van der Waals surface area contributed by atoms with Crippen molar-refractivity contribution in [3.05, 3.63) is 17.2 Å². The largest absolute Gasteiger partial charge is 0.350 e. The van der Waals surface area contributed by atoms with Crippen LogP contribution < -0.4 is 5.32 Å². The Kier molecular flexibility index (Phi) is 3.32. The summed E-state index contributed by atoms with van der Waals surface area (Å²) in [5.74, 6) is 1.39. The molecule has 5 heteroatoms. The number of fused-ring (bicyclic) bond motifs is 1. The standard InChI is InChI=1S/C15H24N4O/c1-15(2)7-11-12(14(20)16-9-15)18-13(17-11)10-5-4-6-19(3)8-10/h10H,4-9H2,1-3H3,(H,16,20)(H,17,18). The Hall–Kier alpha value is -1.36. The summed E-state index contributed by atoms with van der Waals surface area (Å²) in [5, 5.41) is 2.98. The van der Waals surface area contributed by atoms with E-state index >= 15 is 0 Å². The summed E-state index contributed by atoms with van der Waals surface area (Å²) in [6.07, 6.45) is 3.22. The summed E-state index contributed by atoms with van der Waals surface area (Å²) in [5.41, 5.74) is 1.70. The second-order valence-corrected chi connectivity index (χ2v) is 7.07. The van der Waals surface area contributed by atoms with E-state index in [0.717, 1.165) is 37.4 Å². The van der Waals surface area contributed by atoms with Crippen LogP contribution in [0.1, 0.15) is 54.6 Å². The van der Waals surface area contributed by atoms with Gasteiger partial charge in [-0.1, -0.05) is 13.8 Å². The minimum Gasteiger partial charge on any atom is -0.350 e. The van der Waals surface area contributed by atoms with Crippen LogP contribution in [0.3, 0.4) is 0 Å². The zero-order chi connectivity index (χ0) is 14.3. The molecular formula is C15H24N4O. The molecular weight excluding hydrogens is 252 g/mol. The van der Waals surface area contributed by atoms with Crippen LogP contribution in [-0.2, 0) is 6.42 Å². The monoisotopic (exact) mass is 276 g/mol. The Morgan fingerprint density at radius 1 is 1.40 bits per heavy atom. The first-order valence-corrected chi connectivity index (χ1v) is 7.50. The molecule has 1 saturated heterocycles. The number of hydrogen-bond donors (Lipinski definition) is 2. The Bertz CT molecular complexity index is 520. The average molecular weight is 276 g/mol. The molecule has 1 atom stereocenters. The molecule has 3 rings (SSSR count). The molecule has 1 unspecified atom stereocenters. The zero-order valence-corrected chi connectivity index (χ0v) is 12.6. The minimum atomic E-state index is -0.0303. The fraction of sp³-hybridized carbons (Fsp3) is 0.733. The van der Waals surface area contributed by atoms with E-state index in [1.165, 1.54) is 6.42 Å². The van der Waals surface area contributed by atoms with Gasteiger partial charge in [-0.3, -0.25) is 4.79 Å². The fourth-order valence-corrected chi connectivity index (χ4v) is 3.27. The van der Waals surface area contributed by atoms with E-state index < -0.39 is 0 Å². The molecule has 0 aromatic carbocycles. The number of hydrogen-bond acceptors (Lipinski definition) is 3. The van der Waals surface area contributed by atoms with Gasteiger partial charge in [0, 0.05) is 24.7 Å². The number of imidazole rings is 1. The first-order chi connectivity index (χ1) is 9.44. The molecule has 1 aromatic heterocycles. The van der Waals surface area contributed by atoms with E-state index in [2.05, 4.69) is 41.1 Å². The van der Waals surface area contributed by atoms with Crippen LogP contribution in [0.25, 0.3) is 0 Å². The number of carbonyl (C=O) groups excluding carboxylic acids is 1. The van der Waals surface area contributed by atoms with Crippen LogP contribution in [0.15, 0.2) is 0 Å². The summed E-state index contributed by atoms with van der Waals surface area (Å²) >= 11 is 0. The van der Waals surface area contributed by atoms with Crippen molar-refractivity contribution in [2.75, 3.05) is 26.7 Å². The van der Waals surface area contributed by atoms with Crippen LogP contribution in [0.2, 0.25) is 0 Å². The molecule has 2 aliphatic heterocycles. The number of likely N-dealkylation sites (tertiary alicyclic amines) is 1. The molecule has 0 saturated carbocycles. The van der Waals surface area contributed by atoms with Crippen LogP contribution in [0.4, 0.5) is 0 Å². The Balaban J connectivity index is 1.89. The first kappa shape index (κ1) is 13.6. The van der Waals surface area contributed by atoms with Crippen LogP contribution in [0.5, 0.6) is 0 Å². The Morgan fingerprint density at radius 3 is 2.95 bits per heavy atom. The van der Waals surface area contributed by atoms with Gasteiger partial charge in [0.15, 0.2) is 0 Å². The number of aromatic nitrogens is 2. The van der Waals surface area contributed by atoms with Crippen molar-refractivity contribution in [1.29, 1.82) is 0 Å². The van der Waals surface area contributed by atoms with E-state index in [1.54, 1.807) is 0 Å². The van der Waals surface area contributed by atoms with E-state index in [9.17, 15) is 4.79 Å². The maximum Gasteiger partial charge on any atom is 0.271 e. The third-order valence-corrected chi connectivity index (χ3v) is 4.41. The van der Waals surface area contributed by atoms with Crippen molar-refractivity contribution in [2.45, 2.75) is 39.0 Å². The van der Waals surface area contributed by atoms with Gasteiger partial charge in [-0.15, -0.1) is 0 Å². The SMILES string of the molecule is CN1CCCC(c2nc3c([nH]2)CC(C)(C)CNC3=O)C1. The summed E-state index contributed by atoms with van der Waals surface area (Å²) < 4.78 is 0. The smallest absolute Gasteiger partial charge is 0.271 e. The van der Waals surface area contributed by atoms with Crippen LogP contribution in [0, 0.1) is 5.41 Å². The van der Waals surface area contributed by atoms with E-state index in [4.69, 9.17) is 0 Å². The lowest BCUT2D eigenvalue weighted by atomic mass is 9.88. The highest BCUT2D eigenvalue weighted by Gasteiger charge is 2.31. The van der Waals surface area contributed by atoms with Gasteiger partial charge in [0.2, 0.25) is 0 Å². The number of likely N-dealkylation sites (N-methyl/N-ethyl adjacent to an activating group) is 1. The van der Waals surface area contributed by atoms with Gasteiger partial charge in [0.05, 0.1) is 0 Å². The molecule has 0 spiro atoms. The molecule has 0 radical (unpaired) electrons. The summed E-state index contributed by atoms with van der Waals surface area (Å²) in [6.45, 7) is 7.24. The van der Waals surface area contributed by atoms with Gasteiger partial charge in [0.1, 0.15) is 11.5 Å². The molecule has 0 aliphatic carbocycles. The number of H-pyrrole nitrogens is 1. The normalized spacial score (nSPS) is 26.8. The lowest BCUT2D eigenvalue weighted by Gasteiger charge is -2.28. The Morgan fingerprint density at radius 2 is 2.20 bits per heavy atom. The first-order valence-electron chi connectivity index (χ1n) is 7.50. The maximum atomic E-state index is 12.1. The molecule has 0 bridgehead atoms. The number of piperidine rings is 1. The molecule has 3 heterocycles. The van der Waals surface area contributed by atoms with Crippen molar-refractivity contribution in [3.63, 3.8) is 0 Å². The molecule has 2 aliphatic rings. The summed E-state index contributed by atoms with van der Waals surface area (Å²) in [7, 11) is 2.15. The summed E-state index contributed by atoms with van der Waals surface area (Å²) in [4.78, 5) is 22.6. The molecule has 1 amide bonds. The summed E-state index contributed by atoms with van der Waals surface area (Å²) in [6, 6.07) is 0. The van der Waals surface area contributed by atoms with Crippen molar-refractivity contribution >= 4 is 5.91 Å². The second kappa shape index (κ2) is 4.88. The van der Waals surface area contributed by atoms with Crippen LogP contribution >= 0.6 is 0 Å². The average Bonchev–Trinajstić information content (AvgIpc) is 2.75. The maximum absolute atomic E-state index is 12.1. The van der Waals surface area contributed by atoms with Gasteiger partial charge in [-0.05, 0) is 38.3 Å². The molecule has 1 fully saturated rings. The second-order valence-electron chi connectivity index (χ2n) is 7.07. The third kappa shape index (κ3) is 2.59. The minimum absolute atomic E-state index is 0.0303. The molecule has 1 aromatic rings. The molecule has 5 nitrogen and oxygen atoms in total. The quantitative estimate of drug-likeness (QED) is 0.818. The lowest BCUT2D eigenvalue weighted by Crippen LogP contribution is -2.33. The predicted molar refractivity (Wildman–Crippen MR) is 77.9 cm³/mol. The van der Waals surface area contributed by atoms with Gasteiger partial charge in [-0.2, -0.15) is 0 Å². The van der Waals surface area contributed by atoms with Crippen LogP contribution in [-0.4, -0.2) is 47.5 Å². The van der Waals surface area contributed by atoms with E-state index in [-0.39, 0.29) is 11.3 Å². The van der Waals surface area contributed by atoms with Crippen molar-refractivity contribution in [3.8, 4) is 0 Å². The Labute approximate surface area is 120 Å². The predicted octanol–water partition coefficient (Wildman–Crippen LogP) is 1.53. The van der Waals surface area contributed by atoms with Crippen molar-refractivity contribution in [1.82, 2.24) is 20.2 Å². The van der Waals surface area contributed by atoms with Gasteiger partial charge in [0.25, 0.3) is 5.91 Å². The highest BCUT2D eigenvalue weighted by atomic mass is 16.1. The molecule has 110 valence electrons. The molecule has 2 N–H and O–H groups in total. The number of nitrogens with one attached hydrogen (secondary N) is 2.